The highest BCUT2D eigenvalue weighted by Crippen LogP contribution is 2.24. The van der Waals surface area contributed by atoms with Crippen LogP contribution in [0.4, 0.5) is 0 Å². The minimum absolute atomic E-state index is 0.0477. The Labute approximate surface area is 183 Å². The molecule has 3 rings (SSSR count). The van der Waals surface area contributed by atoms with E-state index in [9.17, 15) is 9.59 Å². The number of carbonyl (C=O) groups is 2. The Hall–Kier alpha value is -3.60. The first-order chi connectivity index (χ1) is 15.1. The van der Waals surface area contributed by atoms with E-state index in [0.29, 0.717) is 6.54 Å². The number of hydrogen-bond acceptors (Lipinski definition) is 3. The van der Waals surface area contributed by atoms with Crippen molar-refractivity contribution in [3.63, 3.8) is 0 Å². The molecular formula is C26H28N2O3. The summed E-state index contributed by atoms with van der Waals surface area (Å²) < 4.78 is 5.19. The van der Waals surface area contributed by atoms with Crippen molar-refractivity contribution >= 4 is 11.8 Å². The maximum absolute atomic E-state index is 12.8. The van der Waals surface area contributed by atoms with E-state index in [-0.39, 0.29) is 24.2 Å². The molecule has 0 aliphatic rings. The van der Waals surface area contributed by atoms with Crippen molar-refractivity contribution < 1.29 is 14.3 Å². The first-order valence-electron chi connectivity index (χ1n) is 10.3. The molecule has 3 aromatic carbocycles. The second-order valence-corrected chi connectivity index (χ2v) is 7.41. The molecule has 2 amide bonds. The zero-order chi connectivity index (χ0) is 22.1. The smallest absolute Gasteiger partial charge is 0.222 e. The van der Waals surface area contributed by atoms with E-state index in [1.165, 1.54) is 6.92 Å². The molecule has 0 aliphatic carbocycles. The molecule has 0 bridgehead atoms. The molecule has 0 saturated carbocycles. The van der Waals surface area contributed by atoms with Crippen molar-refractivity contribution in [3.05, 3.63) is 102 Å². The van der Waals surface area contributed by atoms with E-state index >= 15 is 0 Å². The van der Waals surface area contributed by atoms with Crippen molar-refractivity contribution in [1.29, 1.82) is 0 Å². The van der Waals surface area contributed by atoms with Gasteiger partial charge in [0, 0.05) is 19.4 Å². The predicted molar refractivity (Wildman–Crippen MR) is 122 cm³/mol. The largest absolute Gasteiger partial charge is 0.497 e. The number of amides is 2. The SMILES string of the molecule is COc1ccc(C(CC(=O)NCC(c2ccccc2)c2ccccc2)NC(C)=O)cc1. The molecular weight excluding hydrogens is 388 g/mol. The van der Waals surface area contributed by atoms with Gasteiger partial charge in [0.1, 0.15) is 5.75 Å². The highest BCUT2D eigenvalue weighted by molar-refractivity contribution is 5.79. The lowest BCUT2D eigenvalue weighted by Crippen LogP contribution is -2.34. The maximum Gasteiger partial charge on any atom is 0.222 e. The van der Waals surface area contributed by atoms with Gasteiger partial charge in [0.05, 0.1) is 19.6 Å². The van der Waals surface area contributed by atoms with Crippen LogP contribution in [0.2, 0.25) is 0 Å². The Morgan fingerprint density at radius 1 is 0.806 bits per heavy atom. The van der Waals surface area contributed by atoms with E-state index in [1.54, 1.807) is 7.11 Å². The zero-order valence-corrected chi connectivity index (χ0v) is 17.9. The Morgan fingerprint density at radius 2 is 1.35 bits per heavy atom. The summed E-state index contributed by atoms with van der Waals surface area (Å²) in [7, 11) is 1.60. The van der Waals surface area contributed by atoms with Crippen LogP contribution in [-0.2, 0) is 9.59 Å². The van der Waals surface area contributed by atoms with Gasteiger partial charge in [-0.25, -0.2) is 0 Å². The predicted octanol–water partition coefficient (Wildman–Crippen LogP) is 4.21. The van der Waals surface area contributed by atoms with E-state index in [1.807, 2.05) is 60.7 Å². The third-order valence-corrected chi connectivity index (χ3v) is 5.19. The van der Waals surface area contributed by atoms with Crippen LogP contribution in [0.3, 0.4) is 0 Å². The summed E-state index contributed by atoms with van der Waals surface area (Å²) in [6.45, 7) is 1.93. The summed E-state index contributed by atoms with van der Waals surface area (Å²) in [4.78, 5) is 24.5. The Balaban J connectivity index is 1.70. The Bertz CT molecular complexity index is 933. The van der Waals surface area contributed by atoms with Crippen LogP contribution >= 0.6 is 0 Å². The molecule has 0 aromatic heterocycles. The molecule has 31 heavy (non-hydrogen) atoms. The van der Waals surface area contributed by atoms with Crippen molar-refractivity contribution in [2.24, 2.45) is 0 Å². The van der Waals surface area contributed by atoms with Crippen molar-refractivity contribution in [2.75, 3.05) is 13.7 Å². The van der Waals surface area contributed by atoms with Gasteiger partial charge in [-0.1, -0.05) is 72.8 Å². The number of rotatable bonds is 9. The molecule has 0 radical (unpaired) electrons. The molecule has 0 fully saturated rings. The summed E-state index contributed by atoms with van der Waals surface area (Å²) in [5, 5.41) is 5.94. The highest BCUT2D eigenvalue weighted by atomic mass is 16.5. The number of ether oxygens (including phenoxy) is 1. The fraction of sp³-hybridized carbons (Fsp3) is 0.231. The Morgan fingerprint density at radius 3 is 1.84 bits per heavy atom. The van der Waals surface area contributed by atoms with Crippen molar-refractivity contribution in [3.8, 4) is 5.75 Å². The molecule has 160 valence electrons. The molecule has 0 saturated heterocycles. The van der Waals surface area contributed by atoms with Crippen LogP contribution < -0.4 is 15.4 Å². The van der Waals surface area contributed by atoms with Gasteiger partial charge in [-0.05, 0) is 28.8 Å². The molecule has 0 spiro atoms. The summed E-state index contributed by atoms with van der Waals surface area (Å²) in [6.07, 6.45) is 0.155. The third kappa shape index (κ3) is 6.44. The molecule has 0 aliphatic heterocycles. The molecule has 3 aromatic rings. The second-order valence-electron chi connectivity index (χ2n) is 7.41. The van der Waals surface area contributed by atoms with Crippen LogP contribution in [0.1, 0.15) is 42.0 Å². The molecule has 1 unspecified atom stereocenters. The molecule has 5 heteroatoms. The van der Waals surface area contributed by atoms with Gasteiger partial charge in [0.25, 0.3) is 0 Å². The van der Waals surface area contributed by atoms with Gasteiger partial charge >= 0.3 is 0 Å². The molecule has 5 nitrogen and oxygen atoms in total. The van der Waals surface area contributed by atoms with Crippen LogP contribution in [0.5, 0.6) is 5.75 Å². The first-order valence-corrected chi connectivity index (χ1v) is 10.3. The van der Waals surface area contributed by atoms with E-state index in [0.717, 1.165) is 22.4 Å². The normalized spacial score (nSPS) is 11.6. The summed E-state index contributed by atoms with van der Waals surface area (Å²) >= 11 is 0. The fourth-order valence-corrected chi connectivity index (χ4v) is 3.61. The van der Waals surface area contributed by atoms with Crippen LogP contribution in [-0.4, -0.2) is 25.5 Å². The maximum atomic E-state index is 12.8. The van der Waals surface area contributed by atoms with Gasteiger partial charge in [-0.3, -0.25) is 9.59 Å². The molecule has 1 atom stereocenters. The third-order valence-electron chi connectivity index (χ3n) is 5.19. The average Bonchev–Trinajstić information content (AvgIpc) is 2.80. The van der Waals surface area contributed by atoms with Gasteiger partial charge in [-0.15, -0.1) is 0 Å². The second kappa shape index (κ2) is 11.0. The lowest BCUT2D eigenvalue weighted by Gasteiger charge is -2.21. The van der Waals surface area contributed by atoms with Gasteiger partial charge in [0.15, 0.2) is 0 Å². The molecule has 0 heterocycles. The van der Waals surface area contributed by atoms with Gasteiger partial charge in [-0.2, -0.15) is 0 Å². The first kappa shape index (κ1) is 22.1. The fourth-order valence-electron chi connectivity index (χ4n) is 3.61. The van der Waals surface area contributed by atoms with Crippen molar-refractivity contribution in [2.45, 2.75) is 25.3 Å². The number of carbonyl (C=O) groups excluding carboxylic acids is 2. The number of benzene rings is 3. The Kier molecular flexibility index (Phi) is 7.82. The minimum Gasteiger partial charge on any atom is -0.497 e. The standard InChI is InChI=1S/C26H28N2O3/c1-19(29)28-25(22-13-15-23(31-2)16-14-22)17-26(30)27-18-24(20-9-5-3-6-10-20)21-11-7-4-8-12-21/h3-16,24-25H,17-18H2,1-2H3,(H,27,30)(H,28,29). The summed E-state index contributed by atoms with van der Waals surface area (Å²) in [6, 6.07) is 27.2. The van der Waals surface area contributed by atoms with Crippen LogP contribution in [0, 0.1) is 0 Å². The number of methoxy groups -OCH3 is 1. The highest BCUT2D eigenvalue weighted by Gasteiger charge is 2.19. The van der Waals surface area contributed by atoms with E-state index in [4.69, 9.17) is 4.74 Å². The topological polar surface area (TPSA) is 67.4 Å². The van der Waals surface area contributed by atoms with E-state index < -0.39 is 6.04 Å². The lowest BCUT2D eigenvalue weighted by atomic mass is 9.91. The van der Waals surface area contributed by atoms with Crippen LogP contribution in [0.15, 0.2) is 84.9 Å². The van der Waals surface area contributed by atoms with Gasteiger partial charge in [0.2, 0.25) is 11.8 Å². The molecule has 2 N–H and O–H groups in total. The average molecular weight is 417 g/mol. The summed E-state index contributed by atoms with van der Waals surface area (Å²) in [5.74, 6) is 0.474. The van der Waals surface area contributed by atoms with Gasteiger partial charge < -0.3 is 15.4 Å². The van der Waals surface area contributed by atoms with Crippen molar-refractivity contribution in [1.82, 2.24) is 10.6 Å². The summed E-state index contributed by atoms with van der Waals surface area (Å²) in [5.41, 5.74) is 3.14. The number of hydrogen-bond donors (Lipinski definition) is 2. The lowest BCUT2D eigenvalue weighted by molar-refractivity contribution is -0.122. The monoisotopic (exact) mass is 416 g/mol. The zero-order valence-electron chi connectivity index (χ0n) is 17.9. The minimum atomic E-state index is -0.407. The quantitative estimate of drug-likeness (QED) is 0.549. The van der Waals surface area contributed by atoms with E-state index in [2.05, 4.69) is 34.9 Å². The van der Waals surface area contributed by atoms with Crippen LogP contribution in [0.25, 0.3) is 0 Å². The number of nitrogens with one attached hydrogen (secondary N) is 2.